The first-order chi connectivity index (χ1) is 9.97. The highest BCUT2D eigenvalue weighted by Crippen LogP contribution is 2.18. The van der Waals surface area contributed by atoms with Crippen LogP contribution in [0.4, 0.5) is 0 Å². The van der Waals surface area contributed by atoms with Crippen LogP contribution in [-0.4, -0.2) is 31.0 Å². The Morgan fingerprint density at radius 2 is 2.24 bits per heavy atom. The minimum Gasteiger partial charge on any atom is -0.476 e. The summed E-state index contributed by atoms with van der Waals surface area (Å²) in [5, 5.41) is 17.8. The normalized spacial score (nSPS) is 11.1. The maximum Gasteiger partial charge on any atom is 0.357 e. The zero-order chi connectivity index (χ0) is 15.1. The molecular weight excluding hydrogens is 296 g/mol. The van der Waals surface area contributed by atoms with Gasteiger partial charge in [-0.25, -0.2) is 14.5 Å². The van der Waals surface area contributed by atoms with E-state index >= 15 is 0 Å². The number of hydrogen-bond acceptors (Lipinski definition) is 7. The Hall–Kier alpha value is -2.55. The number of carbonyl (C=O) groups is 1. The third-order valence-corrected chi connectivity index (χ3v) is 3.83. The van der Waals surface area contributed by atoms with Crippen molar-refractivity contribution in [2.75, 3.05) is 0 Å². The van der Waals surface area contributed by atoms with Gasteiger partial charge in [-0.1, -0.05) is 5.16 Å². The van der Waals surface area contributed by atoms with Gasteiger partial charge in [0.05, 0.1) is 16.9 Å². The zero-order valence-corrected chi connectivity index (χ0v) is 12.0. The summed E-state index contributed by atoms with van der Waals surface area (Å²) in [6.07, 6.45) is 1.63. The molecule has 0 aliphatic carbocycles. The Bertz CT molecular complexity index is 908. The molecule has 3 heterocycles. The highest BCUT2D eigenvalue weighted by atomic mass is 32.1. The lowest BCUT2D eigenvalue weighted by Crippen LogP contribution is -2.26. The minimum atomic E-state index is -1.24. The van der Waals surface area contributed by atoms with Crippen LogP contribution in [0.5, 0.6) is 0 Å². The molecule has 0 spiro atoms. The Labute approximate surface area is 121 Å². The van der Waals surface area contributed by atoms with Crippen molar-refractivity contribution >= 4 is 28.2 Å². The molecule has 3 rings (SSSR count). The third-order valence-electron chi connectivity index (χ3n) is 2.93. The molecule has 0 aromatic carbocycles. The fraction of sp³-hybridized carbons (Fsp3) is 0.250. The van der Waals surface area contributed by atoms with E-state index in [0.717, 1.165) is 14.6 Å². The van der Waals surface area contributed by atoms with Crippen LogP contribution in [0, 0.1) is 13.8 Å². The van der Waals surface area contributed by atoms with E-state index in [1.54, 1.807) is 13.1 Å². The minimum absolute atomic E-state index is 0.0267. The maximum absolute atomic E-state index is 12.3. The predicted molar refractivity (Wildman–Crippen MR) is 73.7 cm³/mol. The van der Waals surface area contributed by atoms with Crippen molar-refractivity contribution in [3.05, 3.63) is 37.9 Å². The van der Waals surface area contributed by atoms with Crippen molar-refractivity contribution < 1.29 is 14.4 Å². The van der Waals surface area contributed by atoms with Gasteiger partial charge in [-0.2, -0.15) is 5.10 Å². The molecule has 8 nitrogen and oxygen atoms in total. The van der Waals surface area contributed by atoms with Gasteiger partial charge in [-0.05, 0) is 13.8 Å². The number of aromatic carboxylic acids is 1. The molecule has 0 radical (unpaired) electrons. The van der Waals surface area contributed by atoms with Crippen LogP contribution in [0.15, 0.2) is 15.5 Å². The lowest BCUT2D eigenvalue weighted by atomic mass is 10.2. The van der Waals surface area contributed by atoms with Gasteiger partial charge < -0.3 is 9.63 Å². The van der Waals surface area contributed by atoms with E-state index in [0.29, 0.717) is 0 Å². The van der Waals surface area contributed by atoms with Gasteiger partial charge >= 0.3 is 5.97 Å². The summed E-state index contributed by atoms with van der Waals surface area (Å²) in [4.78, 5) is 28.5. The number of fused-ring (bicyclic) bond motifs is 1. The van der Waals surface area contributed by atoms with Crippen molar-refractivity contribution in [3.63, 3.8) is 0 Å². The number of carboxylic acids is 1. The molecular formula is C12H10N4O4S. The molecule has 1 N–H and O–H groups in total. The van der Waals surface area contributed by atoms with Crippen LogP contribution in [0.25, 0.3) is 10.9 Å². The lowest BCUT2D eigenvalue weighted by molar-refractivity contribution is 0.0690. The molecule has 0 saturated carbocycles. The Morgan fingerprint density at radius 3 is 2.86 bits per heavy atom. The molecule has 0 fully saturated rings. The van der Waals surface area contributed by atoms with Gasteiger partial charge in [0.25, 0.3) is 5.56 Å². The fourth-order valence-corrected chi connectivity index (χ4v) is 2.80. The predicted octanol–water partition coefficient (Wildman–Crippen LogP) is 1.20. The smallest absolute Gasteiger partial charge is 0.357 e. The van der Waals surface area contributed by atoms with E-state index in [1.165, 1.54) is 11.3 Å². The molecule has 9 heteroatoms. The highest BCUT2D eigenvalue weighted by Gasteiger charge is 2.22. The van der Waals surface area contributed by atoms with E-state index in [4.69, 9.17) is 4.52 Å². The number of carboxylic acid groups (broad SMARTS) is 1. The monoisotopic (exact) mass is 306 g/mol. The summed E-state index contributed by atoms with van der Waals surface area (Å²) >= 11 is 1.41. The first-order valence-corrected chi connectivity index (χ1v) is 6.80. The van der Waals surface area contributed by atoms with Crippen LogP contribution < -0.4 is 5.56 Å². The van der Waals surface area contributed by atoms with E-state index in [1.807, 2.05) is 6.92 Å². The van der Waals surface area contributed by atoms with Gasteiger partial charge in [-0.15, -0.1) is 11.3 Å². The number of thiazole rings is 1. The maximum atomic E-state index is 12.3. The number of aryl methyl sites for hydroxylation is 2. The number of nitrogens with zero attached hydrogens (tertiary/aromatic N) is 4. The molecule has 0 atom stereocenters. The summed E-state index contributed by atoms with van der Waals surface area (Å²) in [6.45, 7) is 3.53. The van der Waals surface area contributed by atoms with Crippen LogP contribution in [-0.2, 0) is 6.54 Å². The van der Waals surface area contributed by atoms with Gasteiger partial charge in [-0.3, -0.25) is 4.79 Å². The second-order valence-corrected chi connectivity index (χ2v) is 5.74. The first kappa shape index (κ1) is 13.4. The van der Waals surface area contributed by atoms with E-state index in [-0.39, 0.29) is 28.9 Å². The van der Waals surface area contributed by atoms with E-state index < -0.39 is 11.5 Å². The summed E-state index contributed by atoms with van der Waals surface area (Å²) in [5.41, 5.74) is -0.761. The van der Waals surface area contributed by atoms with Crippen molar-refractivity contribution in [2.24, 2.45) is 0 Å². The van der Waals surface area contributed by atoms with Gasteiger partial charge in [0, 0.05) is 11.1 Å². The Kier molecular flexibility index (Phi) is 3.05. The summed E-state index contributed by atoms with van der Waals surface area (Å²) < 4.78 is 5.99. The first-order valence-electron chi connectivity index (χ1n) is 5.99. The molecule has 0 bridgehead atoms. The van der Waals surface area contributed by atoms with Gasteiger partial charge in [0.1, 0.15) is 5.76 Å². The van der Waals surface area contributed by atoms with E-state index in [2.05, 4.69) is 15.2 Å². The van der Waals surface area contributed by atoms with Crippen LogP contribution in [0.2, 0.25) is 0 Å². The number of aromatic nitrogens is 4. The standard InChI is InChI=1S/C12H10N4O4S/c1-5-8-9(15-20-5)11(17)16(14-10(8)12(18)19)4-7-3-13-6(2)21-7/h3H,4H2,1-2H3,(H,18,19). The second kappa shape index (κ2) is 4.77. The summed E-state index contributed by atoms with van der Waals surface area (Å²) in [7, 11) is 0. The number of hydrogen-bond donors (Lipinski definition) is 1. The molecule has 0 aliphatic rings. The summed E-state index contributed by atoms with van der Waals surface area (Å²) in [5.74, 6) is -0.978. The van der Waals surface area contributed by atoms with Crippen molar-refractivity contribution in [1.82, 2.24) is 19.9 Å². The molecule has 0 saturated heterocycles. The Balaban J connectivity index is 2.21. The Morgan fingerprint density at radius 1 is 1.48 bits per heavy atom. The SMILES string of the molecule is Cc1ncc(Cn2nc(C(=O)O)c3c(C)onc3c2=O)s1. The second-order valence-electron chi connectivity index (χ2n) is 4.42. The average molecular weight is 306 g/mol. The zero-order valence-electron chi connectivity index (χ0n) is 11.2. The lowest BCUT2D eigenvalue weighted by Gasteiger charge is -2.04. The highest BCUT2D eigenvalue weighted by molar-refractivity contribution is 7.11. The molecule has 0 aliphatic heterocycles. The quantitative estimate of drug-likeness (QED) is 0.774. The fourth-order valence-electron chi connectivity index (χ4n) is 2.02. The van der Waals surface area contributed by atoms with Crippen LogP contribution in [0.3, 0.4) is 0 Å². The average Bonchev–Trinajstić information content (AvgIpc) is 3.00. The molecule has 108 valence electrons. The van der Waals surface area contributed by atoms with Crippen molar-refractivity contribution in [1.29, 1.82) is 0 Å². The van der Waals surface area contributed by atoms with Gasteiger partial charge in [0.2, 0.25) is 0 Å². The molecule has 0 unspecified atom stereocenters. The molecule has 21 heavy (non-hydrogen) atoms. The topological polar surface area (TPSA) is 111 Å². The molecule has 3 aromatic heterocycles. The van der Waals surface area contributed by atoms with E-state index in [9.17, 15) is 14.7 Å². The molecule has 0 amide bonds. The number of rotatable bonds is 3. The largest absolute Gasteiger partial charge is 0.476 e. The third kappa shape index (κ3) is 2.21. The van der Waals surface area contributed by atoms with Crippen molar-refractivity contribution in [2.45, 2.75) is 20.4 Å². The summed E-state index contributed by atoms with van der Waals surface area (Å²) in [6, 6.07) is 0. The van der Waals surface area contributed by atoms with Gasteiger partial charge in [0.15, 0.2) is 11.2 Å². The van der Waals surface area contributed by atoms with Crippen LogP contribution >= 0.6 is 11.3 Å². The molecule has 3 aromatic rings. The van der Waals surface area contributed by atoms with Crippen LogP contribution in [0.1, 0.15) is 26.1 Å². The van der Waals surface area contributed by atoms with Crippen molar-refractivity contribution in [3.8, 4) is 0 Å².